The van der Waals surface area contributed by atoms with Gasteiger partial charge in [0, 0.05) is 18.5 Å². The third-order valence-corrected chi connectivity index (χ3v) is 6.67. The molecular weight excluding hydrogens is 414 g/mol. The van der Waals surface area contributed by atoms with E-state index in [4.69, 9.17) is 4.84 Å². The van der Waals surface area contributed by atoms with E-state index in [0.29, 0.717) is 24.5 Å². The van der Waals surface area contributed by atoms with Crippen LogP contribution in [0.5, 0.6) is 0 Å². The van der Waals surface area contributed by atoms with E-state index in [1.165, 1.54) is 22.8 Å². The molecule has 1 aliphatic heterocycles. The predicted octanol–water partition coefficient (Wildman–Crippen LogP) is 4.57. The highest BCUT2D eigenvalue weighted by atomic mass is 19.2. The smallest absolute Gasteiger partial charge is 0.249 e. The Morgan fingerprint density at radius 3 is 2.69 bits per heavy atom. The number of halogens is 2. The van der Waals surface area contributed by atoms with Gasteiger partial charge < -0.3 is 0 Å². The van der Waals surface area contributed by atoms with Crippen LogP contribution in [0.3, 0.4) is 0 Å². The third-order valence-electron chi connectivity index (χ3n) is 6.67. The first kappa shape index (κ1) is 21.0. The van der Waals surface area contributed by atoms with Gasteiger partial charge in [0.1, 0.15) is 5.82 Å². The van der Waals surface area contributed by atoms with Gasteiger partial charge in [-0.05, 0) is 74.3 Å². The second-order valence-corrected chi connectivity index (χ2v) is 8.90. The summed E-state index contributed by atoms with van der Waals surface area (Å²) < 4.78 is 28.8. The number of carbonyl (C=O) groups excluding carboxylic acids is 1. The first-order valence-electron chi connectivity index (χ1n) is 11.2. The van der Waals surface area contributed by atoms with E-state index in [-0.39, 0.29) is 17.9 Å². The Kier molecular flexibility index (Phi) is 5.63. The Hall–Kier alpha value is -2.87. The molecule has 1 aromatic carbocycles. The number of fused-ring (bicyclic) bond motifs is 1. The highest BCUT2D eigenvalue weighted by Crippen LogP contribution is 2.37. The van der Waals surface area contributed by atoms with Crippen LogP contribution in [0.2, 0.25) is 0 Å². The monoisotopic (exact) mass is 440 g/mol. The molecule has 2 fully saturated rings. The summed E-state index contributed by atoms with van der Waals surface area (Å²) >= 11 is 0. The van der Waals surface area contributed by atoms with Gasteiger partial charge in [-0.1, -0.05) is 12.1 Å². The maximum Gasteiger partial charge on any atom is 0.249 e. The fraction of sp³-hybridized carbons (Fsp3) is 0.458. The van der Waals surface area contributed by atoms with E-state index < -0.39 is 11.6 Å². The third kappa shape index (κ3) is 4.11. The number of pyridine rings is 1. The summed E-state index contributed by atoms with van der Waals surface area (Å²) in [4.78, 5) is 23.2. The average molecular weight is 440 g/mol. The van der Waals surface area contributed by atoms with E-state index in [2.05, 4.69) is 16.1 Å². The van der Waals surface area contributed by atoms with Crippen molar-refractivity contribution in [3.8, 4) is 0 Å². The van der Waals surface area contributed by atoms with Gasteiger partial charge in [0.15, 0.2) is 17.3 Å². The summed E-state index contributed by atoms with van der Waals surface area (Å²) in [5.74, 6) is -0.661. The summed E-state index contributed by atoms with van der Waals surface area (Å²) in [6, 6.07) is 7.53. The van der Waals surface area contributed by atoms with Crippen molar-refractivity contribution in [1.82, 2.24) is 19.7 Å². The Morgan fingerprint density at radius 1 is 1.09 bits per heavy atom. The van der Waals surface area contributed by atoms with Gasteiger partial charge >= 0.3 is 0 Å². The summed E-state index contributed by atoms with van der Waals surface area (Å²) in [5, 5.41) is 5.79. The van der Waals surface area contributed by atoms with Crippen LogP contribution < -0.4 is 0 Å². The van der Waals surface area contributed by atoms with Crippen LogP contribution >= 0.6 is 0 Å². The van der Waals surface area contributed by atoms with E-state index in [9.17, 15) is 13.6 Å². The fourth-order valence-electron chi connectivity index (χ4n) is 4.99. The van der Waals surface area contributed by atoms with E-state index >= 15 is 0 Å². The van der Waals surface area contributed by atoms with Crippen LogP contribution in [0.1, 0.15) is 55.1 Å². The zero-order valence-corrected chi connectivity index (χ0v) is 18.0. The van der Waals surface area contributed by atoms with Gasteiger partial charge in [0.25, 0.3) is 0 Å². The molecular formula is C24H26F2N4O2. The first-order chi connectivity index (χ1) is 15.5. The highest BCUT2D eigenvalue weighted by molar-refractivity contribution is 5.78. The van der Waals surface area contributed by atoms with Crippen molar-refractivity contribution in [2.75, 3.05) is 6.61 Å². The molecule has 2 aromatic heterocycles. The number of hydrogen-bond acceptors (Lipinski definition) is 4. The molecule has 0 radical (unpaired) electrons. The number of carbonyl (C=O) groups is 1. The van der Waals surface area contributed by atoms with Crippen molar-refractivity contribution in [2.45, 2.75) is 51.5 Å². The zero-order valence-electron chi connectivity index (χ0n) is 18.0. The standard InChI is InChI=1S/C24H26F2N4O2/c1-15-27-23-9-4-17(14-29(23)28-15)12-16-2-5-18(6-3-16)24(31)30-22(10-11-32-30)19-7-8-20(25)21(26)13-19/h4,7-9,13-14,16,18,22H,2-3,5-6,10-12H2,1H3/t16?,18?,22-/m0/s1. The largest absolute Gasteiger partial charge is 0.272 e. The number of rotatable bonds is 4. The molecule has 1 amide bonds. The molecule has 1 atom stereocenters. The molecule has 0 spiro atoms. The molecule has 0 unspecified atom stereocenters. The van der Waals surface area contributed by atoms with E-state index in [0.717, 1.165) is 49.6 Å². The SMILES string of the molecule is Cc1nc2ccc(CC3CCC(C(=O)N4OCC[C@H]4c4ccc(F)c(F)c4)CC3)cn2n1. The number of hydroxylamine groups is 2. The van der Waals surface area contributed by atoms with Crippen LogP contribution in [0, 0.1) is 30.4 Å². The lowest BCUT2D eigenvalue weighted by atomic mass is 9.79. The van der Waals surface area contributed by atoms with Crippen LogP contribution in [0.15, 0.2) is 36.5 Å². The molecule has 0 bridgehead atoms. The molecule has 1 aliphatic carbocycles. The first-order valence-corrected chi connectivity index (χ1v) is 11.2. The van der Waals surface area contributed by atoms with Crippen molar-refractivity contribution < 1.29 is 18.4 Å². The second kappa shape index (κ2) is 8.58. The Labute approximate surface area is 185 Å². The summed E-state index contributed by atoms with van der Waals surface area (Å²) in [7, 11) is 0. The van der Waals surface area contributed by atoms with Crippen molar-refractivity contribution >= 4 is 11.6 Å². The van der Waals surface area contributed by atoms with Gasteiger partial charge in [0.2, 0.25) is 5.91 Å². The molecule has 5 rings (SSSR count). The van der Waals surface area contributed by atoms with Gasteiger partial charge in [-0.2, -0.15) is 5.10 Å². The number of aryl methyl sites for hydroxylation is 1. The van der Waals surface area contributed by atoms with Crippen molar-refractivity contribution in [3.63, 3.8) is 0 Å². The number of aromatic nitrogens is 3. The quantitative estimate of drug-likeness (QED) is 0.596. The lowest BCUT2D eigenvalue weighted by Gasteiger charge is -2.32. The molecule has 0 N–H and O–H groups in total. The highest BCUT2D eigenvalue weighted by Gasteiger charge is 2.37. The zero-order chi connectivity index (χ0) is 22.2. The topological polar surface area (TPSA) is 59.7 Å². The minimum atomic E-state index is -0.901. The number of amides is 1. The van der Waals surface area contributed by atoms with Gasteiger partial charge in [0.05, 0.1) is 12.6 Å². The van der Waals surface area contributed by atoms with Crippen molar-refractivity contribution in [1.29, 1.82) is 0 Å². The normalized spacial score (nSPS) is 23.7. The van der Waals surface area contributed by atoms with Crippen LogP contribution in [0.4, 0.5) is 8.78 Å². The van der Waals surface area contributed by atoms with Crippen molar-refractivity contribution in [3.05, 3.63) is 65.1 Å². The summed E-state index contributed by atoms with van der Waals surface area (Å²) in [6.45, 7) is 2.28. The van der Waals surface area contributed by atoms with Gasteiger partial charge in [-0.25, -0.2) is 23.3 Å². The molecule has 1 saturated carbocycles. The van der Waals surface area contributed by atoms with E-state index in [1.54, 1.807) is 0 Å². The second-order valence-electron chi connectivity index (χ2n) is 8.90. The number of benzene rings is 1. The summed E-state index contributed by atoms with van der Waals surface area (Å²) in [6.07, 6.45) is 7.11. The molecule has 168 valence electrons. The van der Waals surface area contributed by atoms with E-state index in [1.807, 2.05) is 23.7 Å². The minimum Gasteiger partial charge on any atom is -0.272 e. The molecule has 8 heteroatoms. The average Bonchev–Trinajstić information content (AvgIpc) is 3.41. The molecule has 2 aliphatic rings. The summed E-state index contributed by atoms with van der Waals surface area (Å²) in [5.41, 5.74) is 2.64. The van der Waals surface area contributed by atoms with Crippen molar-refractivity contribution in [2.24, 2.45) is 11.8 Å². The number of nitrogens with zero attached hydrogens (tertiary/aromatic N) is 4. The minimum absolute atomic E-state index is 0.0461. The molecule has 3 aromatic rings. The van der Waals surface area contributed by atoms with Gasteiger partial charge in [-0.15, -0.1) is 0 Å². The maximum atomic E-state index is 13.7. The molecule has 3 heterocycles. The molecule has 6 nitrogen and oxygen atoms in total. The van der Waals surface area contributed by atoms with Crippen LogP contribution in [-0.2, 0) is 16.1 Å². The Morgan fingerprint density at radius 2 is 1.91 bits per heavy atom. The lowest BCUT2D eigenvalue weighted by molar-refractivity contribution is -0.183. The molecule has 1 saturated heterocycles. The molecule has 32 heavy (non-hydrogen) atoms. The number of hydrogen-bond donors (Lipinski definition) is 0. The van der Waals surface area contributed by atoms with Crippen LogP contribution in [-0.4, -0.2) is 32.2 Å². The predicted molar refractivity (Wildman–Crippen MR) is 113 cm³/mol. The maximum absolute atomic E-state index is 13.7. The van der Waals surface area contributed by atoms with Crippen LogP contribution in [0.25, 0.3) is 5.65 Å². The lowest BCUT2D eigenvalue weighted by Crippen LogP contribution is -2.36. The Bertz CT molecular complexity index is 1140. The Balaban J connectivity index is 1.20. The fourth-order valence-corrected chi connectivity index (χ4v) is 4.99. The van der Waals surface area contributed by atoms with Gasteiger partial charge in [-0.3, -0.25) is 9.63 Å².